The number of benzene rings is 1. The second kappa shape index (κ2) is 7.65. The second-order valence-corrected chi connectivity index (χ2v) is 6.20. The van der Waals surface area contributed by atoms with Crippen LogP contribution in [0.15, 0.2) is 18.2 Å². The summed E-state index contributed by atoms with van der Waals surface area (Å²) < 4.78 is 11.0. The molecule has 1 unspecified atom stereocenters. The maximum Gasteiger partial charge on any atom is 0.156 e. The van der Waals surface area contributed by atoms with E-state index in [4.69, 9.17) is 32.7 Å². The Bertz CT molecular complexity index is 440. The van der Waals surface area contributed by atoms with Gasteiger partial charge in [-0.1, -0.05) is 29.3 Å². The van der Waals surface area contributed by atoms with Gasteiger partial charge in [-0.3, -0.25) is 0 Å². The predicted molar refractivity (Wildman–Crippen MR) is 84.4 cm³/mol. The Morgan fingerprint density at radius 3 is 2.52 bits per heavy atom. The molecule has 118 valence electrons. The number of methoxy groups -OCH3 is 1. The third kappa shape index (κ3) is 4.47. The van der Waals surface area contributed by atoms with Crippen molar-refractivity contribution in [2.75, 3.05) is 26.8 Å². The molecule has 1 aliphatic rings. The van der Waals surface area contributed by atoms with Crippen molar-refractivity contribution in [1.29, 1.82) is 0 Å². The molecule has 1 fully saturated rings. The van der Waals surface area contributed by atoms with Gasteiger partial charge in [-0.05, 0) is 31.4 Å². The van der Waals surface area contributed by atoms with Gasteiger partial charge in [0.2, 0.25) is 0 Å². The molecule has 1 aliphatic carbocycles. The number of para-hydroxylation sites is 1. The van der Waals surface area contributed by atoms with Crippen molar-refractivity contribution in [3.63, 3.8) is 0 Å². The molecule has 1 aromatic rings. The molecule has 0 bridgehead atoms. The van der Waals surface area contributed by atoms with E-state index in [1.165, 1.54) is 6.42 Å². The van der Waals surface area contributed by atoms with Crippen LogP contribution in [0.5, 0.6) is 5.75 Å². The molecule has 4 nitrogen and oxygen atoms in total. The minimum Gasteiger partial charge on any atom is -0.488 e. The molecule has 0 aliphatic heterocycles. The van der Waals surface area contributed by atoms with Gasteiger partial charge in [0.15, 0.2) is 5.75 Å². The number of aliphatic hydroxyl groups excluding tert-OH is 1. The van der Waals surface area contributed by atoms with Gasteiger partial charge in [0.05, 0.1) is 15.6 Å². The zero-order chi connectivity index (χ0) is 15.3. The van der Waals surface area contributed by atoms with Gasteiger partial charge < -0.3 is 19.9 Å². The lowest BCUT2D eigenvalue weighted by Gasteiger charge is -2.40. The SMILES string of the molecule is COC1(CNCC(O)COc2c(Cl)cccc2Cl)CCC1. The minimum absolute atomic E-state index is 0.0490. The summed E-state index contributed by atoms with van der Waals surface area (Å²) in [5.41, 5.74) is -0.0490. The Morgan fingerprint density at radius 2 is 2.00 bits per heavy atom. The molecule has 0 heterocycles. The van der Waals surface area contributed by atoms with E-state index in [2.05, 4.69) is 5.32 Å². The lowest BCUT2D eigenvalue weighted by molar-refractivity contribution is -0.0706. The lowest BCUT2D eigenvalue weighted by atomic mass is 9.80. The Hall–Kier alpha value is -0.520. The van der Waals surface area contributed by atoms with E-state index in [1.54, 1.807) is 25.3 Å². The van der Waals surface area contributed by atoms with Crippen LogP contribution in [0.4, 0.5) is 0 Å². The van der Waals surface area contributed by atoms with E-state index in [1.807, 2.05) is 0 Å². The zero-order valence-corrected chi connectivity index (χ0v) is 13.6. The molecule has 2 N–H and O–H groups in total. The van der Waals surface area contributed by atoms with Crippen LogP contribution in [-0.4, -0.2) is 43.6 Å². The molecule has 1 aromatic carbocycles. The predicted octanol–water partition coefficient (Wildman–Crippen LogP) is 2.89. The Kier molecular flexibility index (Phi) is 6.14. The summed E-state index contributed by atoms with van der Waals surface area (Å²) in [6, 6.07) is 5.15. The van der Waals surface area contributed by atoms with Crippen LogP contribution in [0.1, 0.15) is 19.3 Å². The Morgan fingerprint density at radius 1 is 1.33 bits per heavy atom. The first-order chi connectivity index (χ1) is 10.1. The molecular formula is C15H21Cl2NO3. The van der Waals surface area contributed by atoms with Gasteiger partial charge in [-0.2, -0.15) is 0 Å². The summed E-state index contributed by atoms with van der Waals surface area (Å²) in [5, 5.41) is 14.0. The second-order valence-electron chi connectivity index (χ2n) is 5.39. The standard InChI is InChI=1S/C15H21Cl2NO3/c1-20-15(6-3-7-15)10-18-8-11(19)9-21-14-12(16)4-2-5-13(14)17/h2,4-5,11,18-19H,3,6-10H2,1H3. The maximum absolute atomic E-state index is 9.94. The summed E-state index contributed by atoms with van der Waals surface area (Å²) >= 11 is 12.0. The molecular weight excluding hydrogens is 313 g/mol. The molecule has 0 saturated heterocycles. The topological polar surface area (TPSA) is 50.7 Å². The molecule has 2 rings (SSSR count). The average Bonchev–Trinajstić information content (AvgIpc) is 2.41. The van der Waals surface area contributed by atoms with Crippen molar-refractivity contribution >= 4 is 23.2 Å². The number of halogens is 2. The fourth-order valence-corrected chi connectivity index (χ4v) is 2.86. The first-order valence-corrected chi connectivity index (χ1v) is 7.83. The van der Waals surface area contributed by atoms with E-state index in [0.29, 0.717) is 22.3 Å². The van der Waals surface area contributed by atoms with Crippen LogP contribution in [0.25, 0.3) is 0 Å². The molecule has 0 aromatic heterocycles. The van der Waals surface area contributed by atoms with Gasteiger partial charge in [-0.25, -0.2) is 0 Å². The van der Waals surface area contributed by atoms with E-state index < -0.39 is 6.10 Å². The fraction of sp³-hybridized carbons (Fsp3) is 0.600. The van der Waals surface area contributed by atoms with Crippen molar-refractivity contribution in [2.45, 2.75) is 31.0 Å². The number of ether oxygens (including phenoxy) is 2. The highest BCUT2D eigenvalue weighted by atomic mass is 35.5. The summed E-state index contributed by atoms with van der Waals surface area (Å²) in [4.78, 5) is 0. The van der Waals surface area contributed by atoms with Crippen LogP contribution in [0.3, 0.4) is 0 Å². The number of hydrogen-bond donors (Lipinski definition) is 2. The van der Waals surface area contributed by atoms with Gasteiger partial charge in [-0.15, -0.1) is 0 Å². The molecule has 1 saturated carbocycles. The van der Waals surface area contributed by atoms with E-state index in [0.717, 1.165) is 19.4 Å². The van der Waals surface area contributed by atoms with E-state index >= 15 is 0 Å². The number of hydrogen-bond acceptors (Lipinski definition) is 4. The van der Waals surface area contributed by atoms with Crippen molar-refractivity contribution in [3.05, 3.63) is 28.2 Å². The Balaban J connectivity index is 1.71. The molecule has 0 amide bonds. The van der Waals surface area contributed by atoms with E-state index in [9.17, 15) is 5.11 Å². The third-order valence-corrected chi connectivity index (χ3v) is 4.46. The number of rotatable bonds is 8. The summed E-state index contributed by atoms with van der Waals surface area (Å²) in [6.07, 6.45) is 2.70. The maximum atomic E-state index is 9.94. The molecule has 0 spiro atoms. The molecule has 1 atom stereocenters. The monoisotopic (exact) mass is 333 g/mol. The van der Waals surface area contributed by atoms with Gasteiger partial charge >= 0.3 is 0 Å². The largest absolute Gasteiger partial charge is 0.488 e. The van der Waals surface area contributed by atoms with Crippen LogP contribution >= 0.6 is 23.2 Å². The molecule has 6 heteroatoms. The van der Waals surface area contributed by atoms with Crippen molar-refractivity contribution in [2.24, 2.45) is 0 Å². The average molecular weight is 334 g/mol. The molecule has 0 radical (unpaired) electrons. The van der Waals surface area contributed by atoms with Crippen LogP contribution < -0.4 is 10.1 Å². The van der Waals surface area contributed by atoms with Crippen LogP contribution in [-0.2, 0) is 4.74 Å². The fourth-order valence-electron chi connectivity index (χ4n) is 2.35. The van der Waals surface area contributed by atoms with Gasteiger partial charge in [0, 0.05) is 20.2 Å². The first kappa shape index (κ1) is 16.8. The van der Waals surface area contributed by atoms with Crippen molar-refractivity contribution in [3.8, 4) is 5.75 Å². The van der Waals surface area contributed by atoms with Gasteiger partial charge in [0.1, 0.15) is 12.7 Å². The number of nitrogens with one attached hydrogen (secondary N) is 1. The smallest absolute Gasteiger partial charge is 0.156 e. The lowest BCUT2D eigenvalue weighted by Crippen LogP contribution is -2.49. The minimum atomic E-state index is -0.633. The van der Waals surface area contributed by atoms with Crippen molar-refractivity contribution < 1.29 is 14.6 Å². The highest BCUT2D eigenvalue weighted by Gasteiger charge is 2.36. The van der Waals surface area contributed by atoms with Gasteiger partial charge in [0.25, 0.3) is 0 Å². The van der Waals surface area contributed by atoms with Crippen molar-refractivity contribution in [1.82, 2.24) is 5.32 Å². The molecule has 21 heavy (non-hydrogen) atoms. The summed E-state index contributed by atoms with van der Waals surface area (Å²) in [5.74, 6) is 0.409. The van der Waals surface area contributed by atoms with Crippen LogP contribution in [0.2, 0.25) is 10.0 Å². The summed E-state index contributed by atoms with van der Waals surface area (Å²) in [7, 11) is 1.74. The first-order valence-electron chi connectivity index (χ1n) is 7.07. The zero-order valence-electron chi connectivity index (χ0n) is 12.1. The normalized spacial score (nSPS) is 18.1. The third-order valence-electron chi connectivity index (χ3n) is 3.86. The highest BCUT2D eigenvalue weighted by molar-refractivity contribution is 6.37. The van der Waals surface area contributed by atoms with Crippen LogP contribution in [0, 0.1) is 0 Å². The quantitative estimate of drug-likeness (QED) is 0.768. The van der Waals surface area contributed by atoms with E-state index in [-0.39, 0.29) is 12.2 Å². The highest BCUT2D eigenvalue weighted by Crippen LogP contribution is 2.34. The summed E-state index contributed by atoms with van der Waals surface area (Å²) in [6.45, 7) is 1.32. The Labute approximate surface area is 135 Å². The number of aliphatic hydroxyl groups is 1.